The Morgan fingerprint density at radius 2 is 1.93 bits per heavy atom. The first-order valence-corrected chi connectivity index (χ1v) is 8.21. The monoisotopic (exact) mass is 367 g/mol. The van der Waals surface area contributed by atoms with E-state index < -0.39 is 0 Å². The molecule has 3 heterocycles. The minimum Gasteiger partial charge on any atom is -0.504 e. The van der Waals surface area contributed by atoms with Gasteiger partial charge in [0.1, 0.15) is 19.0 Å². The summed E-state index contributed by atoms with van der Waals surface area (Å²) in [6.45, 7) is 0.992. The quantitative estimate of drug-likeness (QED) is 0.586. The van der Waals surface area contributed by atoms with Gasteiger partial charge in [-0.25, -0.2) is 9.97 Å². The Bertz CT molecular complexity index is 966. The molecule has 0 aliphatic carbocycles. The van der Waals surface area contributed by atoms with Crippen LogP contribution in [0.4, 0.5) is 23.1 Å². The van der Waals surface area contributed by atoms with Crippen LogP contribution in [0.25, 0.3) is 0 Å². The molecule has 1 aliphatic heterocycles. The molecule has 0 unspecified atom stereocenters. The molecule has 0 amide bonds. The first kappa shape index (κ1) is 16.7. The first-order valence-electron chi connectivity index (χ1n) is 8.21. The second-order valence-electron chi connectivity index (χ2n) is 5.63. The summed E-state index contributed by atoms with van der Waals surface area (Å²) in [6, 6.07) is 8.43. The third-order valence-electron chi connectivity index (χ3n) is 3.76. The van der Waals surface area contributed by atoms with E-state index in [-0.39, 0.29) is 5.75 Å². The SMILES string of the molecule is COc1cc(Nc2nccc(Nc3cnc4c(c3)OCCO4)n2)ccc1O. The first-order chi connectivity index (χ1) is 13.2. The van der Waals surface area contributed by atoms with Crippen LogP contribution in [0.15, 0.2) is 42.7 Å². The average molecular weight is 367 g/mol. The highest BCUT2D eigenvalue weighted by molar-refractivity contribution is 5.62. The maximum absolute atomic E-state index is 9.67. The van der Waals surface area contributed by atoms with Gasteiger partial charge in [0.05, 0.1) is 19.0 Å². The third kappa shape index (κ3) is 3.76. The molecular formula is C18H17N5O4. The molecule has 0 atom stereocenters. The van der Waals surface area contributed by atoms with Crippen molar-refractivity contribution in [1.82, 2.24) is 15.0 Å². The summed E-state index contributed by atoms with van der Waals surface area (Å²) in [7, 11) is 1.49. The van der Waals surface area contributed by atoms with Crippen LogP contribution in [0.5, 0.6) is 23.1 Å². The number of pyridine rings is 1. The lowest BCUT2D eigenvalue weighted by Gasteiger charge is -2.17. The molecule has 9 nitrogen and oxygen atoms in total. The van der Waals surface area contributed by atoms with E-state index in [1.165, 1.54) is 13.2 Å². The van der Waals surface area contributed by atoms with E-state index in [1.54, 1.807) is 30.6 Å². The van der Waals surface area contributed by atoms with Crippen molar-refractivity contribution in [2.45, 2.75) is 0 Å². The molecule has 9 heteroatoms. The largest absolute Gasteiger partial charge is 0.504 e. The highest BCUT2D eigenvalue weighted by atomic mass is 16.6. The van der Waals surface area contributed by atoms with Gasteiger partial charge in [-0.3, -0.25) is 0 Å². The van der Waals surface area contributed by atoms with Crippen molar-refractivity contribution < 1.29 is 19.3 Å². The molecular weight excluding hydrogens is 350 g/mol. The van der Waals surface area contributed by atoms with Crippen molar-refractivity contribution in [3.05, 3.63) is 42.7 Å². The van der Waals surface area contributed by atoms with Crippen LogP contribution in [0.3, 0.4) is 0 Å². The molecule has 138 valence electrons. The maximum Gasteiger partial charge on any atom is 0.257 e. The predicted octanol–water partition coefficient (Wildman–Crippen LogP) is 2.84. The molecule has 0 saturated carbocycles. The molecule has 1 aliphatic rings. The van der Waals surface area contributed by atoms with E-state index in [9.17, 15) is 5.11 Å². The molecule has 3 aromatic rings. The predicted molar refractivity (Wildman–Crippen MR) is 98.5 cm³/mol. The lowest BCUT2D eigenvalue weighted by atomic mass is 10.3. The Labute approximate surface area is 155 Å². The number of ether oxygens (including phenoxy) is 3. The third-order valence-corrected chi connectivity index (χ3v) is 3.76. The van der Waals surface area contributed by atoms with Gasteiger partial charge in [0.25, 0.3) is 5.88 Å². The fourth-order valence-electron chi connectivity index (χ4n) is 2.52. The van der Waals surface area contributed by atoms with Crippen molar-refractivity contribution in [3.63, 3.8) is 0 Å². The second-order valence-corrected chi connectivity index (χ2v) is 5.63. The number of methoxy groups -OCH3 is 1. The number of fused-ring (bicyclic) bond motifs is 1. The second kappa shape index (κ2) is 7.24. The summed E-state index contributed by atoms with van der Waals surface area (Å²) in [5.41, 5.74) is 1.40. The number of rotatable bonds is 5. The Morgan fingerprint density at radius 1 is 1.04 bits per heavy atom. The number of nitrogens with one attached hydrogen (secondary N) is 2. The number of anilines is 4. The molecule has 27 heavy (non-hydrogen) atoms. The number of hydrogen-bond donors (Lipinski definition) is 3. The fourth-order valence-corrected chi connectivity index (χ4v) is 2.52. The number of phenols is 1. The number of hydrogen-bond acceptors (Lipinski definition) is 9. The van der Waals surface area contributed by atoms with Gasteiger partial charge >= 0.3 is 0 Å². The topological polar surface area (TPSA) is 111 Å². The zero-order valence-electron chi connectivity index (χ0n) is 14.5. The van der Waals surface area contributed by atoms with Gasteiger partial charge in [-0.2, -0.15) is 4.98 Å². The maximum atomic E-state index is 9.67. The van der Waals surface area contributed by atoms with E-state index in [4.69, 9.17) is 14.2 Å². The number of aromatic nitrogens is 3. The van der Waals surface area contributed by atoms with E-state index in [1.807, 2.05) is 6.07 Å². The Kier molecular flexibility index (Phi) is 4.48. The summed E-state index contributed by atoms with van der Waals surface area (Å²) in [4.78, 5) is 12.8. The minimum absolute atomic E-state index is 0.0606. The Morgan fingerprint density at radius 3 is 2.81 bits per heavy atom. The van der Waals surface area contributed by atoms with Crippen molar-refractivity contribution in [2.75, 3.05) is 31.0 Å². The van der Waals surface area contributed by atoms with E-state index in [2.05, 4.69) is 25.6 Å². The number of aromatic hydroxyl groups is 1. The highest BCUT2D eigenvalue weighted by Gasteiger charge is 2.13. The van der Waals surface area contributed by atoms with Crippen LogP contribution < -0.4 is 24.8 Å². The van der Waals surface area contributed by atoms with Gasteiger partial charge in [0.2, 0.25) is 5.95 Å². The van der Waals surface area contributed by atoms with Gasteiger partial charge in [0.15, 0.2) is 17.2 Å². The highest BCUT2D eigenvalue weighted by Crippen LogP contribution is 2.31. The summed E-state index contributed by atoms with van der Waals surface area (Å²) in [6.07, 6.45) is 3.27. The van der Waals surface area contributed by atoms with Gasteiger partial charge in [-0.1, -0.05) is 0 Å². The molecule has 3 N–H and O–H groups in total. The average Bonchev–Trinajstić information content (AvgIpc) is 2.70. The Balaban J connectivity index is 1.51. The van der Waals surface area contributed by atoms with Gasteiger partial charge < -0.3 is 30.0 Å². The summed E-state index contributed by atoms with van der Waals surface area (Å²) in [5, 5.41) is 15.9. The normalized spacial score (nSPS) is 12.3. The van der Waals surface area contributed by atoms with Crippen LogP contribution in [0.1, 0.15) is 0 Å². The molecule has 0 bridgehead atoms. The van der Waals surface area contributed by atoms with Crippen molar-refractivity contribution in [1.29, 1.82) is 0 Å². The van der Waals surface area contributed by atoms with Gasteiger partial charge in [-0.15, -0.1) is 0 Å². The smallest absolute Gasteiger partial charge is 0.257 e. The van der Waals surface area contributed by atoms with Crippen LogP contribution in [0, 0.1) is 0 Å². The van der Waals surface area contributed by atoms with Crippen LogP contribution >= 0.6 is 0 Å². The molecule has 2 aromatic heterocycles. The van der Waals surface area contributed by atoms with Gasteiger partial charge in [0, 0.05) is 24.0 Å². The summed E-state index contributed by atoms with van der Waals surface area (Å²) >= 11 is 0. The molecule has 0 fully saturated rings. The zero-order valence-corrected chi connectivity index (χ0v) is 14.5. The molecule has 0 saturated heterocycles. The number of benzene rings is 1. The standard InChI is InChI=1S/C18H17N5O4/c1-25-14-8-11(2-3-13(14)24)22-18-19-5-4-16(23-18)21-12-9-15-17(20-10-12)27-7-6-26-15/h2-5,8-10,24H,6-7H2,1H3,(H2,19,21,22,23). The summed E-state index contributed by atoms with van der Waals surface area (Å²) in [5.74, 6) is 2.46. The van der Waals surface area contributed by atoms with Crippen LogP contribution in [-0.4, -0.2) is 40.4 Å². The molecule has 1 aromatic carbocycles. The van der Waals surface area contributed by atoms with Crippen molar-refractivity contribution in [3.8, 4) is 23.1 Å². The Hall–Kier alpha value is -3.75. The minimum atomic E-state index is 0.0606. The van der Waals surface area contributed by atoms with E-state index in [0.29, 0.717) is 48.0 Å². The van der Waals surface area contributed by atoms with Crippen LogP contribution in [-0.2, 0) is 0 Å². The lowest BCUT2D eigenvalue weighted by Crippen LogP contribution is -2.16. The van der Waals surface area contributed by atoms with E-state index >= 15 is 0 Å². The molecule has 0 radical (unpaired) electrons. The number of phenolic OH excluding ortho intramolecular Hbond substituents is 1. The number of nitrogens with zero attached hydrogens (tertiary/aromatic N) is 3. The van der Waals surface area contributed by atoms with E-state index in [0.717, 1.165) is 5.69 Å². The molecule has 0 spiro atoms. The molecule has 4 rings (SSSR count). The summed E-state index contributed by atoms with van der Waals surface area (Å²) < 4.78 is 16.0. The fraction of sp³-hybridized carbons (Fsp3) is 0.167. The lowest BCUT2D eigenvalue weighted by molar-refractivity contribution is 0.164. The van der Waals surface area contributed by atoms with Gasteiger partial charge in [-0.05, 0) is 18.2 Å². The van der Waals surface area contributed by atoms with Crippen LogP contribution in [0.2, 0.25) is 0 Å². The zero-order chi connectivity index (χ0) is 18.6. The van der Waals surface area contributed by atoms with Crippen molar-refractivity contribution in [2.24, 2.45) is 0 Å². The van der Waals surface area contributed by atoms with Crippen molar-refractivity contribution >= 4 is 23.1 Å².